The lowest BCUT2D eigenvalue weighted by Crippen LogP contribution is -2.29. The lowest BCUT2D eigenvalue weighted by Gasteiger charge is -2.25. The van der Waals surface area contributed by atoms with Crippen LogP contribution < -0.4 is 9.47 Å². The monoisotopic (exact) mass is 305 g/mol. The predicted molar refractivity (Wildman–Crippen MR) is 93.8 cm³/mol. The van der Waals surface area contributed by atoms with Gasteiger partial charge in [0.05, 0.1) is 14.2 Å². The summed E-state index contributed by atoms with van der Waals surface area (Å²) in [4.78, 5) is 2.51. The maximum Gasteiger partial charge on any atom is 0.160 e. The summed E-state index contributed by atoms with van der Waals surface area (Å²) in [6, 6.07) is 8.41. The fraction of sp³-hybridized carbons (Fsp3) is 0.579. The van der Waals surface area contributed by atoms with Gasteiger partial charge in [0.15, 0.2) is 11.5 Å². The third-order valence-electron chi connectivity index (χ3n) is 4.18. The molecule has 3 nitrogen and oxygen atoms in total. The molecule has 0 spiro atoms. The third kappa shape index (κ3) is 5.06. The SMILES string of the molecule is CC.CN1CCC2C=CCCC21.COc1ccccc1OC. The summed E-state index contributed by atoms with van der Waals surface area (Å²) in [5.74, 6) is 2.42. The van der Waals surface area contributed by atoms with Crippen LogP contribution in [0.3, 0.4) is 0 Å². The van der Waals surface area contributed by atoms with E-state index in [4.69, 9.17) is 9.47 Å². The summed E-state index contributed by atoms with van der Waals surface area (Å²) in [5, 5.41) is 0. The molecule has 0 saturated carbocycles. The molecule has 1 saturated heterocycles. The Kier molecular flexibility index (Phi) is 8.68. The smallest absolute Gasteiger partial charge is 0.160 e. The van der Waals surface area contributed by atoms with Gasteiger partial charge in [-0.25, -0.2) is 0 Å². The van der Waals surface area contributed by atoms with E-state index in [1.165, 1.54) is 25.8 Å². The maximum absolute atomic E-state index is 5.01. The van der Waals surface area contributed by atoms with Gasteiger partial charge in [0.2, 0.25) is 0 Å². The van der Waals surface area contributed by atoms with Gasteiger partial charge in [-0.1, -0.05) is 38.1 Å². The van der Waals surface area contributed by atoms with Crippen molar-refractivity contribution < 1.29 is 9.47 Å². The molecule has 2 unspecified atom stereocenters. The summed E-state index contributed by atoms with van der Waals surface area (Å²) in [6.45, 7) is 5.31. The van der Waals surface area contributed by atoms with Crippen molar-refractivity contribution >= 4 is 0 Å². The molecule has 0 aromatic heterocycles. The van der Waals surface area contributed by atoms with Crippen LogP contribution in [0.4, 0.5) is 0 Å². The molecule has 1 aromatic rings. The molecule has 1 aliphatic heterocycles. The van der Waals surface area contributed by atoms with Crippen molar-refractivity contribution in [3.63, 3.8) is 0 Å². The van der Waals surface area contributed by atoms with E-state index in [9.17, 15) is 0 Å². The molecule has 0 bridgehead atoms. The van der Waals surface area contributed by atoms with Crippen LogP contribution in [-0.4, -0.2) is 38.8 Å². The molecule has 124 valence electrons. The minimum absolute atomic E-state index is 0.769. The fourth-order valence-electron chi connectivity index (χ4n) is 3.02. The van der Waals surface area contributed by atoms with Crippen molar-refractivity contribution in [2.75, 3.05) is 27.8 Å². The summed E-state index contributed by atoms with van der Waals surface area (Å²) >= 11 is 0. The van der Waals surface area contributed by atoms with E-state index in [0.717, 1.165) is 23.5 Å². The zero-order valence-electron chi connectivity index (χ0n) is 14.7. The summed E-state index contributed by atoms with van der Waals surface area (Å²) in [7, 11) is 5.50. The zero-order valence-corrected chi connectivity index (χ0v) is 14.7. The first kappa shape index (κ1) is 18.6. The van der Waals surface area contributed by atoms with E-state index < -0.39 is 0 Å². The highest BCUT2D eigenvalue weighted by Gasteiger charge is 2.30. The normalized spacial score (nSPS) is 22.6. The van der Waals surface area contributed by atoms with Crippen LogP contribution >= 0.6 is 0 Å². The molecule has 2 atom stereocenters. The largest absolute Gasteiger partial charge is 0.493 e. The quantitative estimate of drug-likeness (QED) is 0.757. The highest BCUT2D eigenvalue weighted by Crippen LogP contribution is 2.30. The first-order valence-corrected chi connectivity index (χ1v) is 8.30. The number of nitrogens with zero attached hydrogens (tertiary/aromatic N) is 1. The predicted octanol–water partition coefficient (Wildman–Crippen LogP) is 4.39. The second kappa shape index (κ2) is 10.3. The van der Waals surface area contributed by atoms with Crippen LogP contribution in [0.5, 0.6) is 11.5 Å². The van der Waals surface area contributed by atoms with Crippen LogP contribution in [0.15, 0.2) is 36.4 Å². The molecule has 1 aliphatic carbocycles. The van der Waals surface area contributed by atoms with E-state index in [1.807, 2.05) is 38.1 Å². The van der Waals surface area contributed by atoms with Crippen molar-refractivity contribution in [1.29, 1.82) is 0 Å². The number of ether oxygens (including phenoxy) is 2. The van der Waals surface area contributed by atoms with E-state index in [-0.39, 0.29) is 0 Å². The Morgan fingerprint density at radius 1 is 1.00 bits per heavy atom. The average molecular weight is 305 g/mol. The number of allylic oxidation sites excluding steroid dienone is 1. The van der Waals surface area contributed by atoms with Crippen molar-refractivity contribution in [1.82, 2.24) is 4.90 Å². The van der Waals surface area contributed by atoms with E-state index in [1.54, 1.807) is 14.2 Å². The summed E-state index contributed by atoms with van der Waals surface area (Å²) < 4.78 is 10.0. The highest BCUT2D eigenvalue weighted by atomic mass is 16.5. The maximum atomic E-state index is 5.01. The molecule has 3 heteroatoms. The molecule has 3 rings (SSSR count). The number of fused-ring (bicyclic) bond motifs is 1. The second-order valence-corrected chi connectivity index (χ2v) is 5.36. The molecule has 0 N–H and O–H groups in total. The molecular weight excluding hydrogens is 274 g/mol. The Morgan fingerprint density at radius 3 is 2.09 bits per heavy atom. The molecule has 1 heterocycles. The Labute approximate surface area is 135 Å². The van der Waals surface area contributed by atoms with Crippen LogP contribution in [0, 0.1) is 5.92 Å². The van der Waals surface area contributed by atoms with Gasteiger partial charge in [0, 0.05) is 6.04 Å². The minimum Gasteiger partial charge on any atom is -0.493 e. The van der Waals surface area contributed by atoms with Crippen molar-refractivity contribution in [3.8, 4) is 11.5 Å². The van der Waals surface area contributed by atoms with Gasteiger partial charge in [-0.15, -0.1) is 0 Å². The molecule has 1 aromatic carbocycles. The molecule has 0 amide bonds. The lowest BCUT2D eigenvalue weighted by molar-refractivity contribution is 0.270. The standard InChI is InChI=1S/C9H15N.C8H10O2.C2H6/c1-10-7-6-8-4-2-3-5-9(8)10;1-9-7-5-3-4-6-8(7)10-2;1-2/h2,4,8-9H,3,5-7H2,1H3;3-6H,1-2H3;1-2H3. The molecule has 22 heavy (non-hydrogen) atoms. The Morgan fingerprint density at radius 2 is 1.59 bits per heavy atom. The number of benzene rings is 1. The van der Waals surface area contributed by atoms with Crippen molar-refractivity contribution in [2.45, 2.75) is 39.2 Å². The van der Waals surface area contributed by atoms with E-state index >= 15 is 0 Å². The van der Waals surface area contributed by atoms with E-state index in [0.29, 0.717) is 0 Å². The van der Waals surface area contributed by atoms with Crippen molar-refractivity contribution in [2.24, 2.45) is 5.92 Å². The zero-order chi connectivity index (χ0) is 16.4. The van der Waals surface area contributed by atoms with Gasteiger partial charge in [0.1, 0.15) is 0 Å². The number of likely N-dealkylation sites (tertiary alicyclic amines) is 1. The summed E-state index contributed by atoms with van der Waals surface area (Å²) in [6.07, 6.45) is 8.83. The van der Waals surface area contributed by atoms with Gasteiger partial charge in [0.25, 0.3) is 0 Å². The van der Waals surface area contributed by atoms with Gasteiger partial charge in [-0.3, -0.25) is 0 Å². The lowest BCUT2D eigenvalue weighted by atomic mass is 9.91. The van der Waals surface area contributed by atoms with Gasteiger partial charge in [-0.05, 0) is 50.9 Å². The topological polar surface area (TPSA) is 21.7 Å². The highest BCUT2D eigenvalue weighted by molar-refractivity contribution is 5.39. The van der Waals surface area contributed by atoms with Crippen molar-refractivity contribution in [3.05, 3.63) is 36.4 Å². The molecule has 1 fully saturated rings. The average Bonchev–Trinajstić information content (AvgIpc) is 2.99. The number of rotatable bonds is 2. The molecular formula is C19H31NO2. The Hall–Kier alpha value is -1.48. The van der Waals surface area contributed by atoms with Crippen LogP contribution in [-0.2, 0) is 0 Å². The molecule has 2 aliphatic rings. The third-order valence-corrected chi connectivity index (χ3v) is 4.18. The van der Waals surface area contributed by atoms with Crippen LogP contribution in [0.25, 0.3) is 0 Å². The van der Waals surface area contributed by atoms with Crippen LogP contribution in [0.1, 0.15) is 33.1 Å². The first-order valence-electron chi connectivity index (χ1n) is 8.30. The van der Waals surface area contributed by atoms with Gasteiger partial charge in [-0.2, -0.15) is 0 Å². The van der Waals surface area contributed by atoms with E-state index in [2.05, 4.69) is 24.1 Å². The second-order valence-electron chi connectivity index (χ2n) is 5.36. The van der Waals surface area contributed by atoms with Gasteiger partial charge < -0.3 is 14.4 Å². The van der Waals surface area contributed by atoms with Gasteiger partial charge >= 0.3 is 0 Å². The van der Waals surface area contributed by atoms with Crippen LogP contribution in [0.2, 0.25) is 0 Å². The number of para-hydroxylation sites is 2. The Bertz CT molecular complexity index is 422. The number of hydrogen-bond donors (Lipinski definition) is 0. The summed E-state index contributed by atoms with van der Waals surface area (Å²) in [5.41, 5.74) is 0. The molecule has 0 radical (unpaired) electrons. The Balaban J connectivity index is 0.000000198. The number of methoxy groups -OCH3 is 2. The minimum atomic E-state index is 0.769. The number of hydrogen-bond acceptors (Lipinski definition) is 3. The first-order chi connectivity index (χ1) is 10.8. The fourth-order valence-corrected chi connectivity index (χ4v) is 3.02.